The lowest BCUT2D eigenvalue weighted by Crippen LogP contribution is -2.44. The summed E-state index contributed by atoms with van der Waals surface area (Å²) in [5.41, 5.74) is 0. The van der Waals surface area contributed by atoms with Gasteiger partial charge in [0.05, 0.1) is 18.2 Å². The summed E-state index contributed by atoms with van der Waals surface area (Å²) < 4.78 is 5.61. The quantitative estimate of drug-likeness (QED) is 0.718. The Kier molecular flexibility index (Phi) is 4.20. The first-order valence-corrected chi connectivity index (χ1v) is 5.01. The molecular formula is C10H18N2O. The predicted octanol–water partition coefficient (Wildman–Crippen LogP) is 1.45. The Hall–Kier alpha value is -0.590. The fraction of sp³-hybridized carbons (Fsp3) is 0.900. The van der Waals surface area contributed by atoms with Gasteiger partial charge in [0.2, 0.25) is 0 Å². The number of hydrogen-bond donors (Lipinski definition) is 1. The summed E-state index contributed by atoms with van der Waals surface area (Å²) in [6.45, 7) is 4.83. The van der Waals surface area contributed by atoms with Crippen molar-refractivity contribution in [1.82, 2.24) is 5.32 Å². The lowest BCUT2D eigenvalue weighted by molar-refractivity contribution is -0.00447. The van der Waals surface area contributed by atoms with Crippen molar-refractivity contribution in [1.29, 1.82) is 5.26 Å². The molecule has 0 saturated carbocycles. The number of nitrogens with zero attached hydrogens (tertiary/aromatic N) is 1. The van der Waals surface area contributed by atoms with Gasteiger partial charge >= 0.3 is 0 Å². The van der Waals surface area contributed by atoms with Crippen LogP contribution in [0.5, 0.6) is 0 Å². The van der Waals surface area contributed by atoms with Crippen molar-refractivity contribution in [3.8, 4) is 6.07 Å². The molecule has 3 heteroatoms. The number of rotatable bonds is 3. The van der Waals surface area contributed by atoms with Gasteiger partial charge in [-0.05, 0) is 33.1 Å². The predicted molar refractivity (Wildman–Crippen MR) is 51.3 cm³/mol. The van der Waals surface area contributed by atoms with Gasteiger partial charge < -0.3 is 4.74 Å². The zero-order valence-electron chi connectivity index (χ0n) is 8.42. The summed E-state index contributed by atoms with van der Waals surface area (Å²) in [6.07, 6.45) is 3.84. The first-order valence-electron chi connectivity index (χ1n) is 5.01. The molecule has 1 aliphatic heterocycles. The number of nitriles is 1. The molecule has 1 heterocycles. The van der Waals surface area contributed by atoms with E-state index in [2.05, 4.69) is 18.3 Å². The van der Waals surface area contributed by atoms with Crippen molar-refractivity contribution in [2.24, 2.45) is 0 Å². The Bertz CT molecular complexity index is 182. The maximum absolute atomic E-state index is 8.63. The van der Waals surface area contributed by atoms with Crippen LogP contribution in [0.2, 0.25) is 0 Å². The van der Waals surface area contributed by atoms with Crippen molar-refractivity contribution >= 4 is 0 Å². The second-order valence-electron chi connectivity index (χ2n) is 3.71. The van der Waals surface area contributed by atoms with E-state index in [0.717, 1.165) is 13.0 Å². The van der Waals surface area contributed by atoms with Crippen LogP contribution in [0.25, 0.3) is 0 Å². The topological polar surface area (TPSA) is 45.0 Å². The van der Waals surface area contributed by atoms with E-state index in [1.807, 2.05) is 6.92 Å². The third-order valence-electron chi connectivity index (χ3n) is 2.48. The van der Waals surface area contributed by atoms with Crippen LogP contribution in [0, 0.1) is 11.3 Å². The average molecular weight is 182 g/mol. The molecule has 0 aromatic carbocycles. The van der Waals surface area contributed by atoms with Crippen molar-refractivity contribution in [2.45, 2.75) is 51.3 Å². The molecule has 0 spiro atoms. The summed E-state index contributed by atoms with van der Waals surface area (Å²) in [6, 6.07) is 2.37. The summed E-state index contributed by atoms with van der Waals surface area (Å²) in [7, 11) is 0. The SMILES string of the molecule is CC(C#N)NC(C)C1CCCCO1. The lowest BCUT2D eigenvalue weighted by Gasteiger charge is -2.29. The minimum Gasteiger partial charge on any atom is -0.377 e. The van der Waals surface area contributed by atoms with E-state index in [-0.39, 0.29) is 12.1 Å². The van der Waals surface area contributed by atoms with E-state index in [9.17, 15) is 0 Å². The molecule has 3 nitrogen and oxygen atoms in total. The minimum atomic E-state index is -0.0828. The molecule has 13 heavy (non-hydrogen) atoms. The van der Waals surface area contributed by atoms with Crippen LogP contribution < -0.4 is 5.32 Å². The van der Waals surface area contributed by atoms with Gasteiger partial charge in [0, 0.05) is 12.6 Å². The molecule has 3 atom stereocenters. The van der Waals surface area contributed by atoms with Gasteiger partial charge in [0.15, 0.2) is 0 Å². The maximum atomic E-state index is 8.63. The fourth-order valence-electron chi connectivity index (χ4n) is 1.70. The molecule has 1 rings (SSSR count). The van der Waals surface area contributed by atoms with E-state index >= 15 is 0 Å². The minimum absolute atomic E-state index is 0.0828. The maximum Gasteiger partial charge on any atom is 0.0927 e. The molecule has 0 amide bonds. The zero-order chi connectivity index (χ0) is 9.68. The van der Waals surface area contributed by atoms with Gasteiger partial charge in [-0.1, -0.05) is 0 Å². The summed E-state index contributed by atoms with van der Waals surface area (Å²) >= 11 is 0. The molecule has 3 unspecified atom stereocenters. The first kappa shape index (κ1) is 10.5. The number of ether oxygens (including phenoxy) is 1. The molecule has 1 N–H and O–H groups in total. The molecule has 0 aromatic heterocycles. The normalized spacial score (nSPS) is 27.6. The highest BCUT2D eigenvalue weighted by Gasteiger charge is 2.21. The van der Waals surface area contributed by atoms with Crippen LogP contribution in [0.1, 0.15) is 33.1 Å². The average Bonchev–Trinajstić information content (AvgIpc) is 2.19. The molecule has 0 aliphatic carbocycles. The van der Waals surface area contributed by atoms with Gasteiger partial charge in [-0.25, -0.2) is 0 Å². The van der Waals surface area contributed by atoms with Crippen LogP contribution in [0.15, 0.2) is 0 Å². The molecule has 1 fully saturated rings. The third-order valence-corrected chi connectivity index (χ3v) is 2.48. The van der Waals surface area contributed by atoms with E-state index in [1.165, 1.54) is 12.8 Å². The third kappa shape index (κ3) is 3.33. The Labute approximate surface area is 80.1 Å². The molecule has 1 saturated heterocycles. The van der Waals surface area contributed by atoms with Gasteiger partial charge in [-0.3, -0.25) is 5.32 Å². The van der Waals surface area contributed by atoms with Crippen molar-refractivity contribution < 1.29 is 4.74 Å². The van der Waals surface area contributed by atoms with Crippen molar-refractivity contribution in [3.05, 3.63) is 0 Å². The number of hydrogen-bond acceptors (Lipinski definition) is 3. The summed E-state index contributed by atoms with van der Waals surface area (Å²) in [4.78, 5) is 0. The van der Waals surface area contributed by atoms with Gasteiger partial charge in [0.25, 0.3) is 0 Å². The van der Waals surface area contributed by atoms with E-state index in [4.69, 9.17) is 10.00 Å². The highest BCUT2D eigenvalue weighted by Crippen LogP contribution is 2.15. The standard InChI is InChI=1S/C10H18N2O/c1-8(7-11)12-9(2)10-5-3-4-6-13-10/h8-10,12H,3-6H2,1-2H3. The summed E-state index contributed by atoms with van der Waals surface area (Å²) in [5.74, 6) is 0. The Morgan fingerprint density at radius 1 is 1.46 bits per heavy atom. The Morgan fingerprint density at radius 3 is 2.77 bits per heavy atom. The first-order chi connectivity index (χ1) is 6.24. The second kappa shape index (κ2) is 5.21. The fourth-order valence-corrected chi connectivity index (χ4v) is 1.70. The van der Waals surface area contributed by atoms with Gasteiger partial charge in [-0.15, -0.1) is 0 Å². The van der Waals surface area contributed by atoms with Crippen molar-refractivity contribution in [3.63, 3.8) is 0 Å². The van der Waals surface area contributed by atoms with Crippen LogP contribution in [0.3, 0.4) is 0 Å². The Morgan fingerprint density at radius 2 is 2.23 bits per heavy atom. The molecule has 0 bridgehead atoms. The van der Waals surface area contributed by atoms with E-state index in [1.54, 1.807) is 0 Å². The van der Waals surface area contributed by atoms with Crippen molar-refractivity contribution in [2.75, 3.05) is 6.61 Å². The summed E-state index contributed by atoms with van der Waals surface area (Å²) in [5, 5.41) is 11.8. The Balaban J connectivity index is 2.29. The molecule has 1 aliphatic rings. The van der Waals surface area contributed by atoms with E-state index in [0.29, 0.717) is 6.10 Å². The van der Waals surface area contributed by atoms with Crippen LogP contribution in [0.4, 0.5) is 0 Å². The smallest absolute Gasteiger partial charge is 0.0927 e. The van der Waals surface area contributed by atoms with Gasteiger partial charge in [-0.2, -0.15) is 5.26 Å². The zero-order valence-corrected chi connectivity index (χ0v) is 8.42. The molecule has 0 aromatic rings. The van der Waals surface area contributed by atoms with Crippen LogP contribution in [-0.4, -0.2) is 24.8 Å². The van der Waals surface area contributed by atoms with Crippen LogP contribution in [-0.2, 0) is 4.74 Å². The number of nitrogens with one attached hydrogen (secondary N) is 1. The monoisotopic (exact) mass is 182 g/mol. The molecule has 0 radical (unpaired) electrons. The highest BCUT2D eigenvalue weighted by atomic mass is 16.5. The lowest BCUT2D eigenvalue weighted by atomic mass is 10.0. The largest absolute Gasteiger partial charge is 0.377 e. The van der Waals surface area contributed by atoms with Gasteiger partial charge in [0.1, 0.15) is 0 Å². The highest BCUT2D eigenvalue weighted by molar-refractivity contribution is 4.89. The molecular weight excluding hydrogens is 164 g/mol. The van der Waals surface area contributed by atoms with Crippen LogP contribution >= 0.6 is 0 Å². The second-order valence-corrected chi connectivity index (χ2v) is 3.71. The van der Waals surface area contributed by atoms with E-state index < -0.39 is 0 Å². The molecule has 74 valence electrons.